The summed E-state index contributed by atoms with van der Waals surface area (Å²) in [5.41, 5.74) is 4.15. The van der Waals surface area contributed by atoms with E-state index in [1.54, 1.807) is 13.1 Å². The number of hydrogen-bond donors (Lipinski definition) is 0. The minimum atomic E-state index is -4.35. The van der Waals surface area contributed by atoms with Crippen molar-refractivity contribution in [3.8, 4) is 17.0 Å². The molecular formula is C27H27F3N2O3. The first-order valence-corrected chi connectivity index (χ1v) is 11.6. The lowest BCUT2D eigenvalue weighted by Crippen LogP contribution is -2.25. The van der Waals surface area contributed by atoms with Gasteiger partial charge in [-0.2, -0.15) is 13.2 Å². The van der Waals surface area contributed by atoms with Gasteiger partial charge >= 0.3 is 12.1 Å². The lowest BCUT2D eigenvalue weighted by molar-refractivity contribution is -0.145. The molecule has 3 aromatic rings. The molecule has 0 unspecified atom stereocenters. The minimum Gasteiger partial charge on any atom is -0.482 e. The average molecular weight is 485 g/mol. The van der Waals surface area contributed by atoms with Crippen LogP contribution in [-0.2, 0) is 35.1 Å². The Bertz CT molecular complexity index is 1150. The first-order chi connectivity index (χ1) is 16.8. The summed E-state index contributed by atoms with van der Waals surface area (Å²) in [6, 6.07) is 14.8. The average Bonchev–Trinajstić information content (AvgIpc) is 3.05. The van der Waals surface area contributed by atoms with Gasteiger partial charge in [-0.3, -0.25) is 9.88 Å². The van der Waals surface area contributed by atoms with Crippen molar-refractivity contribution >= 4 is 5.97 Å². The maximum Gasteiger partial charge on any atom is 0.416 e. The summed E-state index contributed by atoms with van der Waals surface area (Å²) in [5, 5.41) is 0. The number of aromatic nitrogens is 1. The second-order valence-electron chi connectivity index (χ2n) is 8.43. The van der Waals surface area contributed by atoms with Crippen molar-refractivity contribution < 1.29 is 27.4 Å². The number of pyridine rings is 1. The molecule has 0 bridgehead atoms. The molecule has 1 aliphatic heterocycles. The van der Waals surface area contributed by atoms with Gasteiger partial charge in [-0.05, 0) is 66.8 Å². The Hall–Kier alpha value is -3.39. The van der Waals surface area contributed by atoms with Crippen molar-refractivity contribution in [2.75, 3.05) is 26.3 Å². The van der Waals surface area contributed by atoms with Gasteiger partial charge in [0.15, 0.2) is 6.61 Å². The third-order valence-electron chi connectivity index (χ3n) is 5.97. The zero-order chi connectivity index (χ0) is 24.8. The topological polar surface area (TPSA) is 51.7 Å². The van der Waals surface area contributed by atoms with Crippen LogP contribution in [0.1, 0.15) is 29.2 Å². The van der Waals surface area contributed by atoms with Gasteiger partial charge in [-0.15, -0.1) is 0 Å². The maximum absolute atomic E-state index is 12.8. The molecular weight excluding hydrogens is 457 g/mol. The van der Waals surface area contributed by atoms with Crippen molar-refractivity contribution in [2.24, 2.45) is 0 Å². The van der Waals surface area contributed by atoms with Crippen LogP contribution < -0.4 is 4.74 Å². The van der Waals surface area contributed by atoms with Crippen LogP contribution in [0.25, 0.3) is 11.3 Å². The van der Waals surface area contributed by atoms with Crippen LogP contribution in [0.3, 0.4) is 0 Å². The van der Waals surface area contributed by atoms with E-state index in [1.165, 1.54) is 23.3 Å². The maximum atomic E-state index is 12.8. The number of carbonyl (C=O) groups excluding carboxylic acids is 1. The van der Waals surface area contributed by atoms with Crippen LogP contribution >= 0.6 is 0 Å². The number of hydrogen-bond acceptors (Lipinski definition) is 5. The number of benzene rings is 2. The summed E-state index contributed by atoms with van der Waals surface area (Å²) in [7, 11) is 0. The van der Waals surface area contributed by atoms with Crippen molar-refractivity contribution in [1.82, 2.24) is 9.88 Å². The largest absolute Gasteiger partial charge is 0.482 e. The summed E-state index contributed by atoms with van der Waals surface area (Å²) in [4.78, 5) is 18.3. The molecule has 0 fully saturated rings. The van der Waals surface area contributed by atoms with Crippen LogP contribution in [0.15, 0.2) is 60.8 Å². The molecule has 0 saturated heterocycles. The number of ether oxygens (including phenoxy) is 2. The lowest BCUT2D eigenvalue weighted by atomic mass is 10.0. The normalized spacial score (nSPS) is 14.2. The van der Waals surface area contributed by atoms with E-state index in [0.717, 1.165) is 50.2 Å². The third-order valence-corrected chi connectivity index (χ3v) is 5.97. The molecule has 184 valence electrons. The molecule has 2 aromatic carbocycles. The zero-order valence-electron chi connectivity index (χ0n) is 19.5. The molecule has 0 aliphatic carbocycles. The standard InChI is InChI=1S/C27H27F3N2O3/c1-2-34-26(33)18-35-24-9-6-20-11-13-32(14-12-22(20)15-24)17-19-3-10-25(31-16-19)21-4-7-23(8-5-21)27(28,29)30/h3-10,15-16H,2,11-14,17-18H2,1H3. The quantitative estimate of drug-likeness (QED) is 0.426. The van der Waals surface area contributed by atoms with Gasteiger partial charge < -0.3 is 9.47 Å². The Morgan fingerprint density at radius 1 is 1.00 bits per heavy atom. The fraction of sp³-hybridized carbons (Fsp3) is 0.333. The Labute approximate surface area is 202 Å². The SMILES string of the molecule is CCOC(=O)COc1ccc2c(c1)CCN(Cc1ccc(-c3ccc(C(F)(F)F)cc3)nc1)CC2. The fourth-order valence-electron chi connectivity index (χ4n) is 4.12. The van der Waals surface area contributed by atoms with E-state index < -0.39 is 11.7 Å². The van der Waals surface area contributed by atoms with E-state index in [1.807, 2.05) is 24.3 Å². The predicted molar refractivity (Wildman–Crippen MR) is 126 cm³/mol. The number of carbonyl (C=O) groups is 1. The van der Waals surface area contributed by atoms with E-state index in [4.69, 9.17) is 9.47 Å². The molecule has 0 amide bonds. The van der Waals surface area contributed by atoms with Gasteiger partial charge in [-0.1, -0.05) is 24.3 Å². The first kappa shape index (κ1) is 24.7. The third kappa shape index (κ3) is 6.60. The second-order valence-corrected chi connectivity index (χ2v) is 8.43. The van der Waals surface area contributed by atoms with Gasteiger partial charge in [0.05, 0.1) is 17.9 Å². The van der Waals surface area contributed by atoms with E-state index in [0.29, 0.717) is 23.6 Å². The monoisotopic (exact) mass is 484 g/mol. The van der Waals surface area contributed by atoms with Crippen molar-refractivity contribution in [2.45, 2.75) is 32.5 Å². The van der Waals surface area contributed by atoms with Crippen molar-refractivity contribution in [3.05, 3.63) is 83.0 Å². The van der Waals surface area contributed by atoms with E-state index >= 15 is 0 Å². The molecule has 0 spiro atoms. The molecule has 5 nitrogen and oxygen atoms in total. The summed E-state index contributed by atoms with van der Waals surface area (Å²) in [6.07, 6.45) is -0.792. The molecule has 1 aromatic heterocycles. The van der Waals surface area contributed by atoms with Gasteiger partial charge in [0.25, 0.3) is 0 Å². The summed E-state index contributed by atoms with van der Waals surface area (Å²) in [6.45, 7) is 4.49. The number of alkyl halides is 3. The highest BCUT2D eigenvalue weighted by Crippen LogP contribution is 2.30. The summed E-state index contributed by atoms with van der Waals surface area (Å²) in [5.74, 6) is 0.278. The molecule has 0 N–H and O–H groups in total. The van der Waals surface area contributed by atoms with Gasteiger partial charge in [0.2, 0.25) is 0 Å². The Balaban J connectivity index is 1.34. The highest BCUT2D eigenvalue weighted by molar-refractivity contribution is 5.71. The van der Waals surface area contributed by atoms with Crippen LogP contribution in [0, 0.1) is 0 Å². The smallest absolute Gasteiger partial charge is 0.416 e. The van der Waals surface area contributed by atoms with Crippen molar-refractivity contribution in [1.29, 1.82) is 0 Å². The van der Waals surface area contributed by atoms with Gasteiger partial charge in [0.1, 0.15) is 5.75 Å². The van der Waals surface area contributed by atoms with Crippen LogP contribution in [-0.4, -0.2) is 42.2 Å². The first-order valence-electron chi connectivity index (χ1n) is 11.6. The molecule has 0 saturated carbocycles. The van der Waals surface area contributed by atoms with E-state index in [9.17, 15) is 18.0 Å². The molecule has 4 rings (SSSR count). The Kier molecular flexibility index (Phi) is 7.70. The number of fused-ring (bicyclic) bond motifs is 1. The molecule has 2 heterocycles. The summed E-state index contributed by atoms with van der Waals surface area (Å²) >= 11 is 0. The Morgan fingerprint density at radius 3 is 2.40 bits per heavy atom. The van der Waals surface area contributed by atoms with Crippen LogP contribution in [0.5, 0.6) is 5.75 Å². The van der Waals surface area contributed by atoms with Gasteiger partial charge in [0, 0.05) is 31.4 Å². The summed E-state index contributed by atoms with van der Waals surface area (Å²) < 4.78 is 48.8. The zero-order valence-corrected chi connectivity index (χ0v) is 19.5. The minimum absolute atomic E-state index is 0.103. The molecule has 1 aliphatic rings. The van der Waals surface area contributed by atoms with Crippen LogP contribution in [0.4, 0.5) is 13.2 Å². The second kappa shape index (κ2) is 10.9. The number of esters is 1. The number of halogens is 3. The van der Waals surface area contributed by atoms with Crippen LogP contribution in [0.2, 0.25) is 0 Å². The molecule has 35 heavy (non-hydrogen) atoms. The van der Waals surface area contributed by atoms with Crippen molar-refractivity contribution in [3.63, 3.8) is 0 Å². The highest BCUT2D eigenvalue weighted by atomic mass is 19.4. The van der Waals surface area contributed by atoms with Gasteiger partial charge in [-0.25, -0.2) is 4.79 Å². The lowest BCUT2D eigenvalue weighted by Gasteiger charge is -2.19. The number of rotatable bonds is 7. The molecule has 0 atom stereocenters. The number of nitrogens with zero attached hydrogens (tertiary/aromatic N) is 2. The fourth-order valence-corrected chi connectivity index (χ4v) is 4.12. The van der Waals surface area contributed by atoms with E-state index in [2.05, 4.69) is 16.0 Å². The highest BCUT2D eigenvalue weighted by Gasteiger charge is 2.30. The predicted octanol–water partition coefficient (Wildman–Crippen LogP) is 5.31. The van der Waals surface area contributed by atoms with E-state index in [-0.39, 0.29) is 12.6 Å². The molecule has 0 radical (unpaired) electrons. The Morgan fingerprint density at radius 2 is 1.74 bits per heavy atom. The molecule has 8 heteroatoms.